The summed E-state index contributed by atoms with van der Waals surface area (Å²) in [5.74, 6) is -1.45. The standard InChI is InChI=1S/C13H14N2O4/c1-2-19-13(16)11(8-15(17)18)10-7-14-12-6-4-3-5-9(10)12/h3-7,11,14H,2,8H2,1H3. The monoisotopic (exact) mass is 262 g/mol. The number of rotatable bonds is 5. The number of nitrogens with one attached hydrogen (secondary N) is 1. The average molecular weight is 262 g/mol. The Bertz CT molecular complexity index is 605. The fraction of sp³-hybridized carbons (Fsp3) is 0.308. The van der Waals surface area contributed by atoms with Crippen LogP contribution < -0.4 is 0 Å². The van der Waals surface area contributed by atoms with Gasteiger partial charge in [0.2, 0.25) is 6.54 Å². The van der Waals surface area contributed by atoms with Gasteiger partial charge in [0.15, 0.2) is 0 Å². The van der Waals surface area contributed by atoms with E-state index in [1.807, 2.05) is 24.3 Å². The van der Waals surface area contributed by atoms with E-state index in [0.29, 0.717) is 5.56 Å². The van der Waals surface area contributed by atoms with Crippen LogP contribution >= 0.6 is 0 Å². The fourth-order valence-electron chi connectivity index (χ4n) is 2.07. The molecule has 1 aromatic carbocycles. The third-order valence-corrected chi connectivity index (χ3v) is 2.90. The van der Waals surface area contributed by atoms with E-state index in [4.69, 9.17) is 4.74 Å². The molecule has 0 aliphatic carbocycles. The molecule has 0 saturated carbocycles. The van der Waals surface area contributed by atoms with Crippen LogP contribution in [0.1, 0.15) is 18.4 Å². The van der Waals surface area contributed by atoms with E-state index >= 15 is 0 Å². The Labute approximate surface area is 109 Å². The Kier molecular flexibility index (Phi) is 3.79. The van der Waals surface area contributed by atoms with Gasteiger partial charge in [-0.05, 0) is 18.6 Å². The predicted molar refractivity (Wildman–Crippen MR) is 69.5 cm³/mol. The van der Waals surface area contributed by atoms with Crippen LogP contribution in [-0.4, -0.2) is 29.0 Å². The summed E-state index contributed by atoms with van der Waals surface area (Å²) in [6.45, 7) is 1.41. The maximum absolute atomic E-state index is 11.9. The molecule has 2 rings (SSSR count). The number of carbonyl (C=O) groups is 1. The molecule has 6 heteroatoms. The smallest absolute Gasteiger partial charge is 0.320 e. The maximum Gasteiger partial charge on any atom is 0.320 e. The van der Waals surface area contributed by atoms with Crippen molar-refractivity contribution in [1.82, 2.24) is 4.98 Å². The van der Waals surface area contributed by atoms with Gasteiger partial charge < -0.3 is 9.72 Å². The van der Waals surface area contributed by atoms with Crippen molar-refractivity contribution >= 4 is 16.9 Å². The predicted octanol–water partition coefficient (Wildman–Crippen LogP) is 2.09. The fourth-order valence-corrected chi connectivity index (χ4v) is 2.07. The highest BCUT2D eigenvalue weighted by Crippen LogP contribution is 2.26. The lowest BCUT2D eigenvalue weighted by Crippen LogP contribution is -2.23. The number of ether oxygens (including phenoxy) is 1. The lowest BCUT2D eigenvalue weighted by molar-refractivity contribution is -0.481. The second-order valence-corrected chi connectivity index (χ2v) is 4.11. The van der Waals surface area contributed by atoms with Crippen LogP contribution in [0.5, 0.6) is 0 Å². The van der Waals surface area contributed by atoms with E-state index < -0.39 is 23.4 Å². The van der Waals surface area contributed by atoms with Crippen molar-refractivity contribution in [2.24, 2.45) is 0 Å². The molecule has 1 heterocycles. The first kappa shape index (κ1) is 13.1. The summed E-state index contributed by atoms with van der Waals surface area (Å²) in [7, 11) is 0. The molecule has 100 valence electrons. The summed E-state index contributed by atoms with van der Waals surface area (Å²) in [6, 6.07) is 7.37. The molecule has 0 fully saturated rings. The van der Waals surface area contributed by atoms with Gasteiger partial charge in [-0.2, -0.15) is 0 Å². The number of aromatic nitrogens is 1. The zero-order chi connectivity index (χ0) is 13.8. The van der Waals surface area contributed by atoms with E-state index in [2.05, 4.69) is 4.98 Å². The quantitative estimate of drug-likeness (QED) is 0.508. The minimum absolute atomic E-state index is 0.204. The molecular weight excluding hydrogens is 248 g/mol. The molecule has 19 heavy (non-hydrogen) atoms. The van der Waals surface area contributed by atoms with Crippen molar-refractivity contribution in [2.75, 3.05) is 13.2 Å². The highest BCUT2D eigenvalue weighted by Gasteiger charge is 2.29. The van der Waals surface area contributed by atoms with Gasteiger partial charge in [0, 0.05) is 22.0 Å². The summed E-state index contributed by atoms with van der Waals surface area (Å²) in [5.41, 5.74) is 1.45. The minimum atomic E-state index is -0.883. The maximum atomic E-state index is 11.9. The van der Waals surface area contributed by atoms with Gasteiger partial charge in [-0.25, -0.2) is 0 Å². The lowest BCUT2D eigenvalue weighted by Gasteiger charge is -2.10. The minimum Gasteiger partial charge on any atom is -0.465 e. The molecule has 2 aromatic rings. The second-order valence-electron chi connectivity index (χ2n) is 4.11. The molecule has 1 atom stereocenters. The van der Waals surface area contributed by atoms with E-state index in [9.17, 15) is 14.9 Å². The Hall–Kier alpha value is -2.37. The molecule has 1 aromatic heterocycles. The Morgan fingerprint density at radius 2 is 2.21 bits per heavy atom. The number of para-hydroxylation sites is 1. The third kappa shape index (κ3) is 2.73. The van der Waals surface area contributed by atoms with Crippen molar-refractivity contribution in [1.29, 1.82) is 0 Å². The Balaban J connectivity index is 2.42. The van der Waals surface area contributed by atoms with Gasteiger partial charge in [-0.1, -0.05) is 18.2 Å². The van der Waals surface area contributed by atoms with Crippen LogP contribution in [0.25, 0.3) is 10.9 Å². The number of fused-ring (bicyclic) bond motifs is 1. The molecule has 6 nitrogen and oxygen atoms in total. The SMILES string of the molecule is CCOC(=O)C(C[N+](=O)[O-])c1c[nH]c2ccccc12. The molecule has 0 aliphatic heterocycles. The van der Waals surface area contributed by atoms with E-state index in [0.717, 1.165) is 10.9 Å². The molecular formula is C13H14N2O4. The summed E-state index contributed by atoms with van der Waals surface area (Å²) in [4.78, 5) is 25.1. The van der Waals surface area contributed by atoms with Gasteiger partial charge in [0.25, 0.3) is 0 Å². The first-order valence-electron chi connectivity index (χ1n) is 5.98. The number of hydrogen-bond donors (Lipinski definition) is 1. The van der Waals surface area contributed by atoms with Crippen molar-refractivity contribution in [3.63, 3.8) is 0 Å². The van der Waals surface area contributed by atoms with E-state index in [1.54, 1.807) is 13.1 Å². The van der Waals surface area contributed by atoms with Crippen LogP contribution in [0.4, 0.5) is 0 Å². The Morgan fingerprint density at radius 3 is 2.89 bits per heavy atom. The van der Waals surface area contributed by atoms with Crippen LogP contribution in [0.2, 0.25) is 0 Å². The summed E-state index contributed by atoms with van der Waals surface area (Å²) in [6.07, 6.45) is 1.63. The van der Waals surface area contributed by atoms with Gasteiger partial charge in [0.1, 0.15) is 5.92 Å². The van der Waals surface area contributed by atoms with Gasteiger partial charge in [-0.3, -0.25) is 14.9 Å². The molecule has 0 aliphatic rings. The molecule has 0 bridgehead atoms. The van der Waals surface area contributed by atoms with E-state index in [-0.39, 0.29) is 6.61 Å². The molecule has 0 saturated heterocycles. The third-order valence-electron chi connectivity index (χ3n) is 2.90. The van der Waals surface area contributed by atoms with Gasteiger partial charge >= 0.3 is 5.97 Å². The number of H-pyrrole nitrogens is 1. The van der Waals surface area contributed by atoms with Gasteiger partial charge in [0.05, 0.1) is 6.61 Å². The highest BCUT2D eigenvalue weighted by atomic mass is 16.6. The largest absolute Gasteiger partial charge is 0.465 e. The second kappa shape index (κ2) is 5.51. The molecule has 0 radical (unpaired) electrons. The lowest BCUT2D eigenvalue weighted by atomic mass is 9.99. The molecule has 1 unspecified atom stereocenters. The molecule has 1 N–H and O–H groups in total. The molecule has 0 spiro atoms. The number of aromatic amines is 1. The van der Waals surface area contributed by atoms with Crippen LogP contribution in [0.15, 0.2) is 30.5 Å². The van der Waals surface area contributed by atoms with Crippen molar-refractivity contribution < 1.29 is 14.5 Å². The van der Waals surface area contributed by atoms with Crippen molar-refractivity contribution in [3.8, 4) is 0 Å². The Morgan fingerprint density at radius 1 is 1.47 bits per heavy atom. The van der Waals surface area contributed by atoms with Crippen LogP contribution in [0, 0.1) is 10.1 Å². The summed E-state index contributed by atoms with van der Waals surface area (Å²) in [5, 5.41) is 11.5. The highest BCUT2D eigenvalue weighted by molar-refractivity contribution is 5.90. The van der Waals surface area contributed by atoms with Crippen molar-refractivity contribution in [2.45, 2.75) is 12.8 Å². The normalized spacial score (nSPS) is 12.3. The topological polar surface area (TPSA) is 85.2 Å². The number of nitrogens with zero attached hydrogens (tertiary/aromatic N) is 1. The summed E-state index contributed by atoms with van der Waals surface area (Å²) >= 11 is 0. The number of nitro groups is 1. The first-order valence-corrected chi connectivity index (χ1v) is 5.98. The van der Waals surface area contributed by atoms with E-state index in [1.165, 1.54) is 0 Å². The van der Waals surface area contributed by atoms with Crippen LogP contribution in [-0.2, 0) is 9.53 Å². The van der Waals surface area contributed by atoms with Crippen molar-refractivity contribution in [3.05, 3.63) is 46.1 Å². The summed E-state index contributed by atoms with van der Waals surface area (Å²) < 4.78 is 4.92. The van der Waals surface area contributed by atoms with Crippen LogP contribution in [0.3, 0.4) is 0 Å². The number of carbonyl (C=O) groups excluding carboxylic acids is 1. The average Bonchev–Trinajstić information content (AvgIpc) is 2.79. The first-order chi connectivity index (χ1) is 9.13. The zero-order valence-electron chi connectivity index (χ0n) is 10.5. The number of hydrogen-bond acceptors (Lipinski definition) is 4. The molecule has 0 amide bonds. The zero-order valence-corrected chi connectivity index (χ0v) is 10.5. The number of benzene rings is 1. The van der Waals surface area contributed by atoms with Gasteiger partial charge in [-0.15, -0.1) is 0 Å². The number of esters is 1.